The first-order chi connectivity index (χ1) is 13.2. The van der Waals surface area contributed by atoms with Crippen molar-refractivity contribution in [1.82, 2.24) is 0 Å². The molecule has 2 rings (SSSR count). The van der Waals surface area contributed by atoms with E-state index in [2.05, 4.69) is 6.92 Å². The van der Waals surface area contributed by atoms with E-state index < -0.39 is 0 Å². The molecule has 3 nitrogen and oxygen atoms in total. The van der Waals surface area contributed by atoms with Gasteiger partial charge in [0.05, 0.1) is 19.3 Å². The summed E-state index contributed by atoms with van der Waals surface area (Å²) in [6, 6.07) is 7.20. The molecule has 1 aromatic carbocycles. The lowest BCUT2D eigenvalue weighted by molar-refractivity contribution is 0.0600. The van der Waals surface area contributed by atoms with Crippen molar-refractivity contribution in [2.24, 2.45) is 11.8 Å². The standard InChI is InChI=1S/C24H38O3/c1-3-4-5-6-7-9-20-11-13-21(14-12-20)10-8-19-27-23-17-15-22(16-18-23)24(25)26-2/h15-18,20-21H,3-14,19H2,1-2H3/t20-,21-. The van der Waals surface area contributed by atoms with Crippen LogP contribution in [0.4, 0.5) is 0 Å². The zero-order valence-corrected chi connectivity index (χ0v) is 17.4. The lowest BCUT2D eigenvalue weighted by Gasteiger charge is -2.28. The molecular weight excluding hydrogens is 336 g/mol. The first-order valence-corrected chi connectivity index (χ1v) is 11.0. The summed E-state index contributed by atoms with van der Waals surface area (Å²) in [5.41, 5.74) is 0.562. The molecule has 1 fully saturated rings. The van der Waals surface area contributed by atoms with E-state index in [1.54, 1.807) is 12.1 Å². The van der Waals surface area contributed by atoms with Gasteiger partial charge in [-0.25, -0.2) is 4.79 Å². The van der Waals surface area contributed by atoms with Gasteiger partial charge in [0.25, 0.3) is 0 Å². The Labute approximate surface area is 165 Å². The van der Waals surface area contributed by atoms with Crippen molar-refractivity contribution < 1.29 is 14.3 Å². The van der Waals surface area contributed by atoms with E-state index in [9.17, 15) is 4.79 Å². The first-order valence-electron chi connectivity index (χ1n) is 11.0. The van der Waals surface area contributed by atoms with Gasteiger partial charge in [0.2, 0.25) is 0 Å². The number of unbranched alkanes of at least 4 members (excludes halogenated alkanes) is 4. The molecule has 3 heteroatoms. The Morgan fingerprint density at radius 1 is 0.889 bits per heavy atom. The average Bonchev–Trinajstić information content (AvgIpc) is 2.72. The predicted molar refractivity (Wildman–Crippen MR) is 111 cm³/mol. The normalized spacial score (nSPS) is 19.6. The third kappa shape index (κ3) is 8.36. The summed E-state index contributed by atoms with van der Waals surface area (Å²) < 4.78 is 10.5. The van der Waals surface area contributed by atoms with Crippen LogP contribution in [0, 0.1) is 11.8 Å². The number of carbonyl (C=O) groups is 1. The molecule has 1 aliphatic rings. The smallest absolute Gasteiger partial charge is 0.337 e. The monoisotopic (exact) mass is 374 g/mol. The van der Waals surface area contributed by atoms with Crippen molar-refractivity contribution in [3.63, 3.8) is 0 Å². The Hall–Kier alpha value is -1.51. The minimum Gasteiger partial charge on any atom is -0.494 e. The molecule has 0 aromatic heterocycles. The maximum absolute atomic E-state index is 11.4. The average molecular weight is 375 g/mol. The molecule has 0 atom stereocenters. The van der Waals surface area contributed by atoms with Crippen LogP contribution in [-0.2, 0) is 4.74 Å². The number of esters is 1. The van der Waals surface area contributed by atoms with Crippen LogP contribution >= 0.6 is 0 Å². The van der Waals surface area contributed by atoms with Crippen LogP contribution in [-0.4, -0.2) is 19.7 Å². The summed E-state index contributed by atoms with van der Waals surface area (Å²) in [5.74, 6) is 2.41. The minimum absolute atomic E-state index is 0.307. The predicted octanol–water partition coefficient (Wildman–Crippen LogP) is 6.80. The SMILES string of the molecule is CCCCCCC[C@H]1CC[C@H](CCCOc2ccc(C(=O)OC)cc2)CC1. The van der Waals surface area contributed by atoms with Crippen molar-refractivity contribution in [3.05, 3.63) is 29.8 Å². The molecule has 0 radical (unpaired) electrons. The van der Waals surface area contributed by atoms with Crippen molar-refractivity contribution in [3.8, 4) is 5.75 Å². The van der Waals surface area contributed by atoms with Gasteiger partial charge in [0, 0.05) is 0 Å². The fourth-order valence-corrected chi connectivity index (χ4v) is 4.21. The van der Waals surface area contributed by atoms with Crippen LogP contribution < -0.4 is 4.74 Å². The minimum atomic E-state index is -0.307. The van der Waals surface area contributed by atoms with Gasteiger partial charge in [-0.1, -0.05) is 71.1 Å². The van der Waals surface area contributed by atoms with Gasteiger partial charge in [-0.3, -0.25) is 0 Å². The van der Waals surface area contributed by atoms with Crippen molar-refractivity contribution in [2.75, 3.05) is 13.7 Å². The molecule has 1 saturated carbocycles. The molecule has 1 aliphatic carbocycles. The Bertz CT molecular complexity index is 515. The fourth-order valence-electron chi connectivity index (χ4n) is 4.21. The zero-order chi connectivity index (χ0) is 19.3. The second-order valence-electron chi connectivity index (χ2n) is 8.10. The zero-order valence-electron chi connectivity index (χ0n) is 17.4. The summed E-state index contributed by atoms with van der Waals surface area (Å²) in [6.45, 7) is 3.04. The second kappa shape index (κ2) is 12.8. The quantitative estimate of drug-likeness (QED) is 0.298. The molecule has 0 heterocycles. The van der Waals surface area contributed by atoms with Gasteiger partial charge in [-0.2, -0.15) is 0 Å². The third-order valence-electron chi connectivity index (χ3n) is 5.98. The van der Waals surface area contributed by atoms with Gasteiger partial charge in [-0.15, -0.1) is 0 Å². The summed E-state index contributed by atoms with van der Waals surface area (Å²) in [5, 5.41) is 0. The maximum atomic E-state index is 11.4. The molecule has 1 aromatic rings. The van der Waals surface area contributed by atoms with E-state index in [4.69, 9.17) is 9.47 Å². The highest BCUT2D eigenvalue weighted by Gasteiger charge is 2.20. The Kier molecular flexibility index (Phi) is 10.3. The molecule has 0 aliphatic heterocycles. The Morgan fingerprint density at radius 3 is 2.07 bits per heavy atom. The van der Waals surface area contributed by atoms with E-state index in [0.717, 1.165) is 30.6 Å². The summed E-state index contributed by atoms with van der Waals surface area (Å²) >= 11 is 0. The number of rotatable bonds is 12. The number of methoxy groups -OCH3 is 1. The highest BCUT2D eigenvalue weighted by molar-refractivity contribution is 5.89. The third-order valence-corrected chi connectivity index (χ3v) is 5.98. The van der Waals surface area contributed by atoms with E-state index in [1.165, 1.54) is 77.7 Å². The van der Waals surface area contributed by atoms with Crippen LogP contribution in [0.1, 0.15) is 94.3 Å². The lowest BCUT2D eigenvalue weighted by atomic mass is 9.78. The van der Waals surface area contributed by atoms with Crippen LogP contribution in [0.2, 0.25) is 0 Å². The Morgan fingerprint density at radius 2 is 1.48 bits per heavy atom. The summed E-state index contributed by atoms with van der Waals surface area (Å²) in [4.78, 5) is 11.4. The highest BCUT2D eigenvalue weighted by atomic mass is 16.5. The number of hydrogen-bond acceptors (Lipinski definition) is 3. The number of carbonyl (C=O) groups excluding carboxylic acids is 1. The maximum Gasteiger partial charge on any atom is 0.337 e. The molecule has 152 valence electrons. The van der Waals surface area contributed by atoms with Gasteiger partial charge in [0.1, 0.15) is 5.75 Å². The molecule has 0 spiro atoms. The van der Waals surface area contributed by atoms with Crippen LogP contribution in [0.3, 0.4) is 0 Å². The molecular formula is C24H38O3. The topological polar surface area (TPSA) is 35.5 Å². The highest BCUT2D eigenvalue weighted by Crippen LogP contribution is 2.34. The number of benzene rings is 1. The van der Waals surface area contributed by atoms with Crippen LogP contribution in [0.5, 0.6) is 5.75 Å². The molecule has 27 heavy (non-hydrogen) atoms. The van der Waals surface area contributed by atoms with E-state index >= 15 is 0 Å². The summed E-state index contributed by atoms with van der Waals surface area (Å²) in [6.07, 6.45) is 16.6. The van der Waals surface area contributed by atoms with Gasteiger partial charge in [-0.05, 0) is 48.9 Å². The van der Waals surface area contributed by atoms with E-state index in [-0.39, 0.29) is 5.97 Å². The largest absolute Gasteiger partial charge is 0.494 e. The molecule has 0 bridgehead atoms. The first kappa shape index (κ1) is 21.8. The van der Waals surface area contributed by atoms with Gasteiger partial charge >= 0.3 is 5.97 Å². The molecule has 0 amide bonds. The van der Waals surface area contributed by atoms with E-state index in [1.807, 2.05) is 12.1 Å². The number of hydrogen-bond donors (Lipinski definition) is 0. The van der Waals surface area contributed by atoms with Crippen molar-refractivity contribution >= 4 is 5.97 Å². The van der Waals surface area contributed by atoms with Crippen molar-refractivity contribution in [2.45, 2.75) is 84.0 Å². The second-order valence-corrected chi connectivity index (χ2v) is 8.10. The summed E-state index contributed by atoms with van der Waals surface area (Å²) in [7, 11) is 1.40. The van der Waals surface area contributed by atoms with Crippen molar-refractivity contribution in [1.29, 1.82) is 0 Å². The van der Waals surface area contributed by atoms with Gasteiger partial charge in [0.15, 0.2) is 0 Å². The van der Waals surface area contributed by atoms with Gasteiger partial charge < -0.3 is 9.47 Å². The lowest BCUT2D eigenvalue weighted by Crippen LogP contribution is -2.15. The molecule has 0 N–H and O–H groups in total. The van der Waals surface area contributed by atoms with Crippen LogP contribution in [0.25, 0.3) is 0 Å². The molecule has 0 saturated heterocycles. The number of ether oxygens (including phenoxy) is 2. The van der Waals surface area contributed by atoms with Crippen LogP contribution in [0.15, 0.2) is 24.3 Å². The fraction of sp³-hybridized carbons (Fsp3) is 0.708. The van der Waals surface area contributed by atoms with E-state index in [0.29, 0.717) is 5.56 Å². The Balaban J connectivity index is 1.52. The molecule has 0 unspecified atom stereocenters.